The Hall–Kier alpha value is -3.29. The maximum atomic E-state index is 4.48. The quantitative estimate of drug-likeness (QED) is 0.173. The number of hydrogen-bond donors (Lipinski definition) is 2. The summed E-state index contributed by atoms with van der Waals surface area (Å²) in [5.41, 5.74) is 23.9. The van der Waals surface area contributed by atoms with Crippen LogP contribution in [0.3, 0.4) is 0 Å². The van der Waals surface area contributed by atoms with E-state index in [2.05, 4.69) is 150 Å². The number of benzene rings is 4. The molecule has 2 atom stereocenters. The number of fused-ring (bicyclic) bond motifs is 8. The summed E-state index contributed by atoms with van der Waals surface area (Å²) in [4.78, 5) is 8.93. The van der Waals surface area contributed by atoms with Crippen molar-refractivity contribution in [1.82, 2.24) is 9.96 Å². The van der Waals surface area contributed by atoms with Gasteiger partial charge in [0.05, 0.1) is 0 Å². The fourth-order valence-electron chi connectivity index (χ4n) is 13.6. The van der Waals surface area contributed by atoms with E-state index in [0.29, 0.717) is 23.2 Å². The first-order chi connectivity index (χ1) is 27.7. The van der Waals surface area contributed by atoms with Crippen LogP contribution in [0.1, 0.15) is 161 Å². The monoisotopic (exact) mass is 800 g/mol. The van der Waals surface area contributed by atoms with Crippen molar-refractivity contribution in [1.29, 1.82) is 0 Å². The van der Waals surface area contributed by atoms with Gasteiger partial charge >= 0.3 is 0 Å². The molecule has 0 aliphatic heterocycles. The van der Waals surface area contributed by atoms with Crippen molar-refractivity contribution in [2.45, 2.75) is 165 Å². The summed E-state index contributed by atoms with van der Waals surface area (Å²) in [5, 5.41) is 0. The van der Waals surface area contributed by atoms with Gasteiger partial charge in [0.1, 0.15) is 16.5 Å². The lowest BCUT2D eigenvalue weighted by Crippen LogP contribution is -2.55. The Kier molecular flexibility index (Phi) is 9.30. The lowest BCUT2D eigenvalue weighted by Gasteiger charge is -2.39. The molecule has 0 bridgehead atoms. The predicted molar refractivity (Wildman–Crippen MR) is 254 cm³/mol. The highest BCUT2D eigenvalue weighted by Crippen LogP contribution is 2.58. The average Bonchev–Trinajstić information content (AvgIpc) is 3.84. The zero-order chi connectivity index (χ0) is 40.4. The molecule has 2 unspecified atom stereocenters. The summed E-state index contributed by atoms with van der Waals surface area (Å²) in [6.45, 7) is 23.1. The van der Waals surface area contributed by atoms with E-state index < -0.39 is 16.5 Å². The second-order valence-corrected chi connectivity index (χ2v) is 30.3. The van der Waals surface area contributed by atoms with Crippen molar-refractivity contribution in [3.8, 4) is 22.3 Å². The van der Waals surface area contributed by atoms with Crippen LogP contribution < -0.4 is 9.96 Å². The van der Waals surface area contributed by atoms with E-state index in [1.807, 2.05) is 0 Å². The molecule has 6 aliphatic rings. The van der Waals surface area contributed by atoms with Crippen molar-refractivity contribution in [2.24, 2.45) is 0 Å². The van der Waals surface area contributed by atoms with Crippen molar-refractivity contribution in [3.05, 3.63) is 128 Å². The Morgan fingerprint density at radius 2 is 1.03 bits per heavy atom. The lowest BCUT2D eigenvalue weighted by atomic mass is 9.81. The van der Waals surface area contributed by atoms with Gasteiger partial charge in [0, 0.05) is 34.0 Å². The summed E-state index contributed by atoms with van der Waals surface area (Å²) in [6.07, 6.45) is 17.4. The van der Waals surface area contributed by atoms with Gasteiger partial charge in [0.2, 0.25) is 0 Å². The Morgan fingerprint density at radius 1 is 0.534 bits per heavy atom. The molecule has 58 heavy (non-hydrogen) atoms. The molecule has 0 heterocycles. The van der Waals surface area contributed by atoms with E-state index in [0.717, 1.165) is 6.42 Å². The summed E-state index contributed by atoms with van der Waals surface area (Å²) in [7, 11) is -4.00. The van der Waals surface area contributed by atoms with Crippen molar-refractivity contribution in [3.63, 3.8) is 0 Å². The standard InChI is InChI=1S/C54H68N2Si2/c1-34-41(43-33-50-45(40-25-17-19-27-48(40)54(50,4)5)31-46(43)51(34)57(6,7)55-37-20-12-10-13-21-37)30-36-28-35-29-44-39-24-16-18-26-47(39)53(2,3)49(44)32-42(35)52(36)58(8,9)56-38-22-14-11-15-23-38/h16-19,24-29,31-33,37-38,51-52,55-56H,10-15,20-23,30H2,1-9H3. The van der Waals surface area contributed by atoms with Crippen molar-refractivity contribution < 1.29 is 0 Å². The zero-order valence-electron chi connectivity index (χ0n) is 37.1. The molecule has 6 aliphatic carbocycles. The molecule has 0 radical (unpaired) electrons. The highest BCUT2D eigenvalue weighted by Gasteiger charge is 2.48. The molecule has 2 fully saturated rings. The van der Waals surface area contributed by atoms with E-state index in [1.54, 1.807) is 33.4 Å². The van der Waals surface area contributed by atoms with Gasteiger partial charge in [-0.15, -0.1) is 0 Å². The lowest BCUT2D eigenvalue weighted by molar-refractivity contribution is 0.412. The van der Waals surface area contributed by atoms with Gasteiger partial charge in [0.25, 0.3) is 0 Å². The average molecular weight is 801 g/mol. The number of hydrogen-bond acceptors (Lipinski definition) is 2. The van der Waals surface area contributed by atoms with Gasteiger partial charge in [-0.05, 0) is 130 Å². The highest BCUT2D eigenvalue weighted by molar-refractivity contribution is 6.78. The van der Waals surface area contributed by atoms with Crippen LogP contribution in [0.15, 0.2) is 83.9 Å². The molecule has 2 saturated carbocycles. The van der Waals surface area contributed by atoms with E-state index >= 15 is 0 Å². The SMILES string of the molecule is CC1=C(CC2=Cc3cc4c(cc3C2[Si](C)(C)NC2CCCCC2)C(C)(C)c2ccccc2-4)c2cc3c(cc2C1[Si](C)(C)NC1CCCCC1)-c1ccccc1C3(C)C. The summed E-state index contributed by atoms with van der Waals surface area (Å²) >= 11 is 0. The summed E-state index contributed by atoms with van der Waals surface area (Å²) in [6, 6.07) is 30.5. The third kappa shape index (κ3) is 6.04. The van der Waals surface area contributed by atoms with Gasteiger partial charge in [-0.1, -0.05) is 164 Å². The van der Waals surface area contributed by atoms with Crippen LogP contribution in [0.5, 0.6) is 0 Å². The van der Waals surface area contributed by atoms with Gasteiger partial charge < -0.3 is 9.96 Å². The predicted octanol–water partition coefficient (Wildman–Crippen LogP) is 14.1. The van der Waals surface area contributed by atoms with E-state index in [4.69, 9.17) is 0 Å². The van der Waals surface area contributed by atoms with E-state index in [9.17, 15) is 0 Å². The maximum Gasteiger partial charge on any atom is 0.131 e. The molecule has 4 aromatic rings. The van der Waals surface area contributed by atoms with Crippen molar-refractivity contribution >= 4 is 28.1 Å². The molecule has 0 saturated heterocycles. The molecule has 4 heteroatoms. The van der Waals surface area contributed by atoms with Crippen LogP contribution in [0.4, 0.5) is 0 Å². The van der Waals surface area contributed by atoms with Crippen LogP contribution in [0.2, 0.25) is 26.2 Å². The van der Waals surface area contributed by atoms with Crippen LogP contribution in [0.25, 0.3) is 33.9 Å². The Balaban J connectivity index is 1.11. The number of allylic oxidation sites excluding steroid dienone is 3. The molecule has 2 nitrogen and oxygen atoms in total. The minimum absolute atomic E-state index is 0.000209. The first-order valence-corrected chi connectivity index (χ1v) is 29.3. The van der Waals surface area contributed by atoms with Gasteiger partial charge in [-0.3, -0.25) is 0 Å². The maximum absolute atomic E-state index is 4.48. The summed E-state index contributed by atoms with van der Waals surface area (Å²) < 4.78 is 0. The smallest absolute Gasteiger partial charge is 0.131 e. The zero-order valence-corrected chi connectivity index (χ0v) is 39.1. The third-order valence-corrected chi connectivity index (χ3v) is 22.9. The normalized spacial score (nSPS) is 23.3. The molecule has 0 spiro atoms. The second-order valence-electron chi connectivity index (χ2n) is 21.7. The first kappa shape index (κ1) is 38.9. The Labute approximate surface area is 352 Å². The Bertz CT molecular complexity index is 2380. The van der Waals surface area contributed by atoms with Gasteiger partial charge in [-0.25, -0.2) is 0 Å². The molecule has 4 aromatic carbocycles. The highest BCUT2D eigenvalue weighted by atomic mass is 28.3. The molecule has 2 N–H and O–H groups in total. The van der Waals surface area contributed by atoms with Crippen LogP contribution >= 0.6 is 0 Å². The molecular weight excluding hydrogens is 733 g/mol. The Morgan fingerprint density at radius 3 is 1.60 bits per heavy atom. The number of nitrogens with one attached hydrogen (secondary N) is 2. The molecular formula is C54H68N2Si2. The molecule has 0 amide bonds. The van der Waals surface area contributed by atoms with E-state index in [-0.39, 0.29) is 10.8 Å². The minimum Gasteiger partial charge on any atom is -0.334 e. The topological polar surface area (TPSA) is 24.1 Å². The fourth-order valence-corrected chi connectivity index (χ4v) is 21.0. The largest absolute Gasteiger partial charge is 0.334 e. The minimum atomic E-state index is -2.03. The van der Waals surface area contributed by atoms with Crippen LogP contribution in [0, 0.1) is 0 Å². The fraction of sp³-hybridized carbons (Fsp3) is 0.481. The number of rotatable bonds is 8. The van der Waals surface area contributed by atoms with Gasteiger partial charge in [-0.2, -0.15) is 0 Å². The van der Waals surface area contributed by atoms with Gasteiger partial charge in [0.15, 0.2) is 0 Å². The molecule has 10 rings (SSSR count). The van der Waals surface area contributed by atoms with Crippen molar-refractivity contribution in [2.75, 3.05) is 0 Å². The third-order valence-electron chi connectivity index (χ3n) is 16.3. The second kappa shape index (κ2) is 13.9. The van der Waals surface area contributed by atoms with Crippen LogP contribution in [-0.4, -0.2) is 28.6 Å². The van der Waals surface area contributed by atoms with E-state index in [1.165, 1.54) is 114 Å². The molecule has 0 aromatic heterocycles. The summed E-state index contributed by atoms with van der Waals surface area (Å²) in [5.74, 6) is 0. The first-order valence-electron chi connectivity index (χ1n) is 23.2. The molecule has 302 valence electrons. The van der Waals surface area contributed by atoms with Crippen LogP contribution in [-0.2, 0) is 10.8 Å².